The summed E-state index contributed by atoms with van der Waals surface area (Å²) in [4.78, 5) is 13.7. The lowest BCUT2D eigenvalue weighted by Gasteiger charge is -2.19. The van der Waals surface area contributed by atoms with E-state index in [1.165, 1.54) is 11.8 Å². The molecule has 0 saturated heterocycles. The van der Waals surface area contributed by atoms with Crippen molar-refractivity contribution in [2.45, 2.75) is 30.8 Å². The largest absolute Gasteiger partial charge is 0.492 e. The molecule has 192 valence electrons. The molecule has 1 amide bonds. The summed E-state index contributed by atoms with van der Waals surface area (Å²) in [5.74, 6) is 1.13. The van der Waals surface area contributed by atoms with Crippen molar-refractivity contribution in [2.24, 2.45) is 0 Å². The van der Waals surface area contributed by atoms with Gasteiger partial charge in [-0.2, -0.15) is 0 Å². The summed E-state index contributed by atoms with van der Waals surface area (Å²) in [6.45, 7) is 6.01. The van der Waals surface area contributed by atoms with Gasteiger partial charge in [0.05, 0.1) is 25.4 Å². The van der Waals surface area contributed by atoms with E-state index in [4.69, 9.17) is 21.1 Å². The molecule has 0 radical (unpaired) electrons. The van der Waals surface area contributed by atoms with Crippen molar-refractivity contribution in [3.8, 4) is 17.1 Å². The van der Waals surface area contributed by atoms with Gasteiger partial charge in [-0.25, -0.2) is 0 Å². The third-order valence-electron chi connectivity index (χ3n) is 5.49. The second-order valence-electron chi connectivity index (χ2n) is 7.99. The molecule has 4 rings (SSSR count). The van der Waals surface area contributed by atoms with Gasteiger partial charge >= 0.3 is 0 Å². The van der Waals surface area contributed by atoms with Crippen molar-refractivity contribution in [2.75, 3.05) is 25.1 Å². The van der Waals surface area contributed by atoms with Crippen LogP contribution < -0.4 is 10.1 Å². The lowest BCUT2D eigenvalue weighted by atomic mass is 10.1. The highest BCUT2D eigenvalue weighted by atomic mass is 35.5. The number of aromatic nitrogens is 3. The monoisotopic (exact) mass is 536 g/mol. The number of hydrogen-bond acceptors (Lipinski definition) is 6. The van der Waals surface area contributed by atoms with Crippen molar-refractivity contribution in [1.82, 2.24) is 14.8 Å². The number of hydrogen-bond donors (Lipinski definition) is 1. The molecule has 9 heteroatoms. The standard InChI is InChI=1S/C28H29ClN4O3S/c1-3-35-19-18-33-26(21-14-16-22(29)17-15-21)31-32-28(33)37-25(20-10-6-5-7-11-20)27(34)30-23-12-8-9-13-24(23)36-4-2/h5-17,25H,3-4,18-19H2,1-2H3,(H,30,34). The Balaban J connectivity index is 1.67. The molecular formula is C28H29ClN4O3S. The van der Waals surface area contributed by atoms with Crippen LogP contribution in [0.15, 0.2) is 84.0 Å². The molecule has 0 aliphatic carbocycles. The maximum atomic E-state index is 13.7. The average molecular weight is 537 g/mol. The van der Waals surface area contributed by atoms with Gasteiger partial charge in [0.1, 0.15) is 11.0 Å². The van der Waals surface area contributed by atoms with Gasteiger partial charge in [-0.1, -0.05) is 65.8 Å². The lowest BCUT2D eigenvalue weighted by Crippen LogP contribution is -2.20. The Labute approximate surface area is 226 Å². The molecule has 4 aromatic rings. The molecule has 0 spiro atoms. The molecule has 0 fully saturated rings. The molecule has 0 bridgehead atoms. The predicted octanol–water partition coefficient (Wildman–Crippen LogP) is 6.51. The smallest absolute Gasteiger partial charge is 0.242 e. The number of ether oxygens (including phenoxy) is 2. The van der Waals surface area contributed by atoms with Crippen LogP contribution in [0.1, 0.15) is 24.7 Å². The summed E-state index contributed by atoms with van der Waals surface area (Å²) in [6.07, 6.45) is 0. The topological polar surface area (TPSA) is 78.3 Å². The van der Waals surface area contributed by atoms with Crippen molar-refractivity contribution in [1.29, 1.82) is 0 Å². The number of rotatable bonds is 12. The van der Waals surface area contributed by atoms with Crippen LogP contribution in [0.4, 0.5) is 5.69 Å². The normalized spacial score (nSPS) is 11.8. The van der Waals surface area contributed by atoms with E-state index in [2.05, 4.69) is 15.5 Å². The van der Waals surface area contributed by atoms with Gasteiger partial charge in [-0.15, -0.1) is 10.2 Å². The minimum absolute atomic E-state index is 0.184. The van der Waals surface area contributed by atoms with E-state index in [9.17, 15) is 4.79 Å². The molecule has 37 heavy (non-hydrogen) atoms. The van der Waals surface area contributed by atoms with Crippen LogP contribution in [-0.2, 0) is 16.1 Å². The molecule has 3 aromatic carbocycles. The first kappa shape index (κ1) is 26.7. The molecule has 1 heterocycles. The number of anilines is 1. The number of nitrogens with zero attached hydrogens (tertiary/aromatic N) is 3. The number of amides is 1. The van der Waals surface area contributed by atoms with Gasteiger partial charge in [-0.3, -0.25) is 9.36 Å². The minimum atomic E-state index is -0.580. The zero-order chi connectivity index (χ0) is 26.0. The van der Waals surface area contributed by atoms with E-state index >= 15 is 0 Å². The number of nitrogens with one attached hydrogen (secondary N) is 1. The number of carbonyl (C=O) groups excluding carboxylic acids is 1. The van der Waals surface area contributed by atoms with Crippen LogP contribution in [-0.4, -0.2) is 40.5 Å². The SMILES string of the molecule is CCOCCn1c(SC(C(=O)Nc2ccccc2OCC)c2ccccc2)nnc1-c1ccc(Cl)cc1. The maximum Gasteiger partial charge on any atom is 0.242 e. The van der Waals surface area contributed by atoms with Crippen molar-refractivity contribution < 1.29 is 14.3 Å². The molecule has 0 saturated carbocycles. The van der Waals surface area contributed by atoms with Gasteiger partial charge in [0.15, 0.2) is 11.0 Å². The first-order chi connectivity index (χ1) is 18.1. The van der Waals surface area contributed by atoms with E-state index in [1.54, 1.807) is 0 Å². The summed E-state index contributed by atoms with van der Waals surface area (Å²) < 4.78 is 13.3. The van der Waals surface area contributed by atoms with Gasteiger partial charge in [0, 0.05) is 17.2 Å². The number of carbonyl (C=O) groups is 1. The van der Waals surface area contributed by atoms with E-state index in [1.807, 2.05) is 97.3 Å². The van der Waals surface area contributed by atoms with E-state index in [-0.39, 0.29) is 5.91 Å². The Kier molecular flexibility index (Phi) is 9.59. The number of thioether (sulfide) groups is 1. The molecule has 7 nitrogen and oxygen atoms in total. The van der Waals surface area contributed by atoms with Gasteiger partial charge in [0.25, 0.3) is 0 Å². The summed E-state index contributed by atoms with van der Waals surface area (Å²) in [5, 5.41) is 12.7. The first-order valence-corrected chi connectivity index (χ1v) is 13.4. The van der Waals surface area contributed by atoms with Crippen LogP contribution in [0.25, 0.3) is 11.4 Å². The van der Waals surface area contributed by atoms with Gasteiger partial charge < -0.3 is 14.8 Å². The zero-order valence-corrected chi connectivity index (χ0v) is 22.3. The first-order valence-electron chi connectivity index (χ1n) is 12.1. The fourth-order valence-corrected chi connectivity index (χ4v) is 4.93. The second kappa shape index (κ2) is 13.3. The summed E-state index contributed by atoms with van der Waals surface area (Å²) in [7, 11) is 0. The zero-order valence-electron chi connectivity index (χ0n) is 20.8. The van der Waals surface area contributed by atoms with E-state index in [0.29, 0.717) is 53.8 Å². The second-order valence-corrected chi connectivity index (χ2v) is 9.50. The Morgan fingerprint density at radius 1 is 0.973 bits per heavy atom. The van der Waals surface area contributed by atoms with E-state index in [0.717, 1.165) is 11.1 Å². The van der Waals surface area contributed by atoms with Crippen molar-refractivity contribution in [3.63, 3.8) is 0 Å². The number of para-hydroxylation sites is 2. The van der Waals surface area contributed by atoms with Gasteiger partial charge in [-0.05, 0) is 55.8 Å². The number of benzene rings is 3. The fourth-order valence-electron chi connectivity index (χ4n) is 3.75. The minimum Gasteiger partial charge on any atom is -0.492 e. The quantitative estimate of drug-likeness (QED) is 0.164. The summed E-state index contributed by atoms with van der Waals surface area (Å²) >= 11 is 7.44. The third kappa shape index (κ3) is 6.91. The molecule has 1 aromatic heterocycles. The van der Waals surface area contributed by atoms with Crippen LogP contribution in [0.5, 0.6) is 5.75 Å². The third-order valence-corrected chi connectivity index (χ3v) is 6.98. The Hall–Kier alpha value is -3.33. The van der Waals surface area contributed by atoms with Crippen LogP contribution in [0, 0.1) is 0 Å². The van der Waals surface area contributed by atoms with Crippen LogP contribution in [0.2, 0.25) is 5.02 Å². The van der Waals surface area contributed by atoms with Crippen molar-refractivity contribution in [3.05, 3.63) is 89.4 Å². The highest BCUT2D eigenvalue weighted by molar-refractivity contribution is 8.00. The Morgan fingerprint density at radius 2 is 1.70 bits per heavy atom. The Bertz CT molecular complexity index is 1300. The van der Waals surface area contributed by atoms with Crippen LogP contribution >= 0.6 is 23.4 Å². The van der Waals surface area contributed by atoms with Crippen LogP contribution in [0.3, 0.4) is 0 Å². The summed E-state index contributed by atoms with van der Waals surface area (Å²) in [5.41, 5.74) is 2.36. The van der Waals surface area contributed by atoms with Crippen molar-refractivity contribution >= 4 is 35.0 Å². The highest BCUT2D eigenvalue weighted by Gasteiger charge is 2.27. The fraction of sp³-hybridized carbons (Fsp3) is 0.250. The average Bonchev–Trinajstić information content (AvgIpc) is 3.32. The maximum absolute atomic E-state index is 13.7. The molecule has 0 aliphatic rings. The molecule has 1 atom stereocenters. The molecule has 0 aliphatic heterocycles. The highest BCUT2D eigenvalue weighted by Crippen LogP contribution is 2.37. The van der Waals surface area contributed by atoms with Gasteiger partial charge in [0.2, 0.25) is 5.91 Å². The Morgan fingerprint density at radius 3 is 2.43 bits per heavy atom. The summed E-state index contributed by atoms with van der Waals surface area (Å²) in [6, 6.07) is 24.5. The predicted molar refractivity (Wildman–Crippen MR) is 148 cm³/mol. The lowest BCUT2D eigenvalue weighted by molar-refractivity contribution is -0.115. The van der Waals surface area contributed by atoms with E-state index < -0.39 is 5.25 Å². The number of halogens is 1. The molecule has 1 unspecified atom stereocenters. The molecule has 1 N–H and O–H groups in total. The molecular weight excluding hydrogens is 508 g/mol.